The number of aromatic amines is 1. The molecule has 0 aromatic carbocycles. The molecule has 3 aliphatic rings. The van der Waals surface area contributed by atoms with Crippen LogP contribution < -0.4 is 16.1 Å². The van der Waals surface area contributed by atoms with Crippen molar-refractivity contribution in [2.75, 3.05) is 13.1 Å². The van der Waals surface area contributed by atoms with E-state index in [1.54, 1.807) is 15.7 Å². The number of hydrogen-bond donors (Lipinski definition) is 4. The molecule has 6 rings (SSSR count). The van der Waals surface area contributed by atoms with Gasteiger partial charge >= 0.3 is 0 Å². The van der Waals surface area contributed by atoms with Crippen molar-refractivity contribution in [3.8, 4) is 5.75 Å². The highest BCUT2D eigenvalue weighted by Gasteiger charge is 2.31. The van der Waals surface area contributed by atoms with Gasteiger partial charge in [0, 0.05) is 43.0 Å². The molecule has 12 nitrogen and oxygen atoms in total. The molecule has 4 N–H and O–H groups in total. The Morgan fingerprint density at radius 2 is 1.90 bits per heavy atom. The van der Waals surface area contributed by atoms with E-state index >= 15 is 0 Å². The van der Waals surface area contributed by atoms with Gasteiger partial charge in [-0.3, -0.25) is 19.2 Å². The number of aromatic nitrogens is 4. The predicted octanol–water partition coefficient (Wildman–Crippen LogP) is 1.78. The Kier molecular flexibility index (Phi) is 7.36. The van der Waals surface area contributed by atoms with Gasteiger partial charge in [0.2, 0.25) is 11.3 Å². The van der Waals surface area contributed by atoms with Crippen LogP contribution >= 0.6 is 0 Å². The maximum absolute atomic E-state index is 12.8. The van der Waals surface area contributed by atoms with Crippen LogP contribution in [-0.4, -0.2) is 66.4 Å². The molecule has 4 heterocycles. The molecule has 0 spiro atoms. The quantitative estimate of drug-likeness (QED) is 0.358. The fourth-order valence-corrected chi connectivity index (χ4v) is 4.40. The summed E-state index contributed by atoms with van der Waals surface area (Å²) < 4.78 is 1.55. The zero-order valence-corrected chi connectivity index (χ0v) is 22.1. The molecule has 12 heteroatoms. The number of nitrogens with zero attached hydrogens (tertiary/aromatic N) is 4. The molecule has 206 valence electrons. The number of amides is 3. The van der Waals surface area contributed by atoms with Gasteiger partial charge in [0.05, 0.1) is 30.5 Å². The Morgan fingerprint density at radius 1 is 1.15 bits per heavy atom. The third kappa shape index (κ3) is 5.79. The van der Waals surface area contributed by atoms with E-state index < -0.39 is 28.9 Å². The lowest BCUT2D eigenvalue weighted by Gasteiger charge is -2.34. The Bertz CT molecular complexity index is 1480. The van der Waals surface area contributed by atoms with Crippen LogP contribution in [0.15, 0.2) is 23.3 Å². The summed E-state index contributed by atoms with van der Waals surface area (Å²) in [4.78, 5) is 63.6. The summed E-state index contributed by atoms with van der Waals surface area (Å²) in [5.41, 5.74) is 1.75. The van der Waals surface area contributed by atoms with Gasteiger partial charge in [-0.25, -0.2) is 9.97 Å². The first-order chi connectivity index (χ1) is 18.7. The third-order valence-corrected chi connectivity index (χ3v) is 6.89. The Hall–Kier alpha value is -4.22. The van der Waals surface area contributed by atoms with Crippen LogP contribution in [0.2, 0.25) is 0 Å². The Morgan fingerprint density at radius 3 is 2.56 bits per heavy atom. The number of carbonyl (C=O) groups is 3. The number of H-pyrrole nitrogens is 1. The van der Waals surface area contributed by atoms with Crippen molar-refractivity contribution in [2.45, 2.75) is 71.0 Å². The van der Waals surface area contributed by atoms with Gasteiger partial charge in [-0.1, -0.05) is 19.3 Å². The number of pyridine rings is 1. The van der Waals surface area contributed by atoms with E-state index in [0.29, 0.717) is 41.4 Å². The number of carbonyl (C=O) groups excluding carboxylic acids is 3. The molecule has 0 saturated heterocycles. The van der Waals surface area contributed by atoms with E-state index in [0.717, 1.165) is 18.5 Å². The molecule has 2 aliphatic carbocycles. The standard InChI is InChI=1S/C24H27N7O5.C3H6/c1-12(2)30-5-6-31-14(7-17(32)21(34)20(31)24(30)36)8-25-18(33)11-28-23(35)15-9-26-22-19(15)29-16(10-27-22)13-3-4-13;1-2-3-1/h7,9-10,12-13,34H,3-6,8,11H2,1-2H3,(H,25,33)(H,26,27)(H,28,35);1-3H2. The second kappa shape index (κ2) is 10.9. The molecule has 0 radical (unpaired) electrons. The first-order valence-corrected chi connectivity index (χ1v) is 13.4. The molecule has 1 aliphatic heterocycles. The Balaban J connectivity index is 0.000000962. The van der Waals surface area contributed by atoms with Crippen LogP contribution in [0.3, 0.4) is 0 Å². The third-order valence-electron chi connectivity index (χ3n) is 6.89. The van der Waals surface area contributed by atoms with Crippen LogP contribution in [0, 0.1) is 0 Å². The average molecular weight is 536 g/mol. The molecule has 0 atom stereocenters. The monoisotopic (exact) mass is 535 g/mol. The van der Waals surface area contributed by atoms with E-state index in [4.69, 9.17) is 0 Å². The first-order valence-electron chi connectivity index (χ1n) is 13.4. The minimum atomic E-state index is -0.691. The molecule has 0 unspecified atom stereocenters. The normalized spacial score (nSPS) is 16.0. The molecule has 3 amide bonds. The molecule has 2 saturated carbocycles. The summed E-state index contributed by atoms with van der Waals surface area (Å²) in [6, 6.07) is 1.12. The highest BCUT2D eigenvalue weighted by Crippen LogP contribution is 2.39. The number of hydrogen-bond acceptors (Lipinski definition) is 7. The van der Waals surface area contributed by atoms with Crippen LogP contribution in [0.4, 0.5) is 0 Å². The van der Waals surface area contributed by atoms with Crippen molar-refractivity contribution >= 4 is 28.9 Å². The SMILES string of the molecule is C1CC1.CC(C)N1CCn2c(CNC(=O)CNC(=O)c3c[nH]c4ncc(C5CC5)nc34)cc(=O)c(O)c2C1=O. The highest BCUT2D eigenvalue weighted by atomic mass is 16.3. The van der Waals surface area contributed by atoms with Crippen molar-refractivity contribution < 1.29 is 19.5 Å². The first kappa shape index (κ1) is 26.4. The number of fused-ring (bicyclic) bond motifs is 2. The summed E-state index contributed by atoms with van der Waals surface area (Å²) in [7, 11) is 0. The summed E-state index contributed by atoms with van der Waals surface area (Å²) >= 11 is 0. The van der Waals surface area contributed by atoms with E-state index in [1.807, 2.05) is 13.8 Å². The van der Waals surface area contributed by atoms with Crippen molar-refractivity contribution in [3.63, 3.8) is 0 Å². The minimum Gasteiger partial charge on any atom is -0.503 e. The van der Waals surface area contributed by atoms with Gasteiger partial charge < -0.3 is 30.2 Å². The van der Waals surface area contributed by atoms with Gasteiger partial charge in [0.1, 0.15) is 5.52 Å². The fraction of sp³-hybridized carbons (Fsp3) is 0.481. The maximum Gasteiger partial charge on any atom is 0.274 e. The molecular weight excluding hydrogens is 502 g/mol. The van der Waals surface area contributed by atoms with Crippen molar-refractivity contribution in [1.29, 1.82) is 0 Å². The zero-order valence-electron chi connectivity index (χ0n) is 22.1. The van der Waals surface area contributed by atoms with Crippen LogP contribution in [-0.2, 0) is 17.9 Å². The van der Waals surface area contributed by atoms with Crippen molar-refractivity contribution in [2.24, 2.45) is 0 Å². The fourth-order valence-electron chi connectivity index (χ4n) is 4.40. The van der Waals surface area contributed by atoms with Crippen molar-refractivity contribution in [1.82, 2.24) is 35.1 Å². The van der Waals surface area contributed by atoms with Crippen LogP contribution in [0.5, 0.6) is 5.75 Å². The van der Waals surface area contributed by atoms with Gasteiger partial charge in [-0.05, 0) is 26.7 Å². The van der Waals surface area contributed by atoms with Crippen LogP contribution in [0.1, 0.15) is 84.1 Å². The summed E-state index contributed by atoms with van der Waals surface area (Å²) in [6.45, 7) is 4.16. The minimum absolute atomic E-state index is 0.0461. The second-order valence-electron chi connectivity index (χ2n) is 10.4. The van der Waals surface area contributed by atoms with Crippen molar-refractivity contribution in [3.05, 3.63) is 51.3 Å². The van der Waals surface area contributed by atoms with Gasteiger partial charge in [0.25, 0.3) is 11.8 Å². The number of aromatic hydroxyl groups is 1. The summed E-state index contributed by atoms with van der Waals surface area (Å²) in [6.07, 6.45) is 9.85. The topological polar surface area (TPSA) is 162 Å². The van der Waals surface area contributed by atoms with E-state index in [9.17, 15) is 24.3 Å². The molecule has 2 fully saturated rings. The summed E-state index contributed by atoms with van der Waals surface area (Å²) in [5.74, 6) is -1.58. The number of nitrogens with one attached hydrogen (secondary N) is 3. The van der Waals surface area contributed by atoms with Crippen LogP contribution in [0.25, 0.3) is 11.2 Å². The van der Waals surface area contributed by atoms with Gasteiger partial charge in [-0.15, -0.1) is 0 Å². The average Bonchev–Trinajstić information content (AvgIpc) is 3.84. The molecule has 3 aromatic heterocycles. The van der Waals surface area contributed by atoms with Gasteiger partial charge in [0.15, 0.2) is 17.1 Å². The predicted molar refractivity (Wildman–Crippen MR) is 142 cm³/mol. The zero-order chi connectivity index (χ0) is 27.7. The largest absolute Gasteiger partial charge is 0.503 e. The molecule has 3 aromatic rings. The highest BCUT2D eigenvalue weighted by molar-refractivity contribution is 6.05. The molecular formula is C27H33N7O5. The van der Waals surface area contributed by atoms with Gasteiger partial charge in [-0.2, -0.15) is 0 Å². The van der Waals surface area contributed by atoms with E-state index in [1.165, 1.54) is 31.5 Å². The van der Waals surface area contributed by atoms with E-state index in [2.05, 4.69) is 25.6 Å². The smallest absolute Gasteiger partial charge is 0.274 e. The molecule has 39 heavy (non-hydrogen) atoms. The van der Waals surface area contributed by atoms with E-state index in [-0.39, 0.29) is 24.8 Å². The number of rotatable bonds is 7. The molecule has 0 bridgehead atoms. The lowest BCUT2D eigenvalue weighted by atomic mass is 10.1. The summed E-state index contributed by atoms with van der Waals surface area (Å²) in [5, 5.41) is 15.5. The lowest BCUT2D eigenvalue weighted by Crippen LogP contribution is -2.46. The maximum atomic E-state index is 12.8. The second-order valence-corrected chi connectivity index (χ2v) is 10.4. The Labute approximate surface area is 224 Å². The lowest BCUT2D eigenvalue weighted by molar-refractivity contribution is -0.120.